The molecule has 1 atom stereocenters. The van der Waals surface area contributed by atoms with E-state index in [1.54, 1.807) is 23.5 Å². The maximum Gasteiger partial charge on any atom is 0.115 e. The molecule has 3 aromatic rings. The summed E-state index contributed by atoms with van der Waals surface area (Å²) in [4.78, 5) is 1.32. The molecule has 0 unspecified atom stereocenters. The Hall–Kier alpha value is -2.06. The van der Waals surface area contributed by atoms with E-state index < -0.39 is 0 Å². The third kappa shape index (κ3) is 2.54. The fraction of sp³-hybridized carbons (Fsp3) is 0.0588. The quantitative estimate of drug-likeness (QED) is 0.732. The third-order valence-electron chi connectivity index (χ3n) is 3.19. The highest BCUT2D eigenvalue weighted by Gasteiger charge is 2.17. The first kappa shape index (κ1) is 12.0. The number of benzene rings is 2. The van der Waals surface area contributed by atoms with Crippen molar-refractivity contribution >= 4 is 11.3 Å². The van der Waals surface area contributed by atoms with Gasteiger partial charge in [0.05, 0.1) is 0 Å². The second-order valence-electron chi connectivity index (χ2n) is 4.45. The molecule has 0 radical (unpaired) electrons. The van der Waals surface area contributed by atoms with Crippen LogP contribution in [0.3, 0.4) is 0 Å². The van der Waals surface area contributed by atoms with Crippen molar-refractivity contribution in [1.82, 2.24) is 0 Å². The Kier molecular flexibility index (Phi) is 3.34. The zero-order valence-electron chi connectivity index (χ0n) is 10.4. The first-order chi connectivity index (χ1) is 9.34. The van der Waals surface area contributed by atoms with Crippen LogP contribution < -0.4 is 0 Å². The van der Waals surface area contributed by atoms with E-state index in [-0.39, 0.29) is 5.92 Å². The first-order valence-electron chi connectivity index (χ1n) is 6.22. The van der Waals surface area contributed by atoms with Gasteiger partial charge in [-0.1, -0.05) is 48.5 Å². The molecule has 0 saturated carbocycles. The Bertz CT molecular complexity index is 627. The highest BCUT2D eigenvalue weighted by atomic mass is 32.1. The van der Waals surface area contributed by atoms with Crippen LogP contribution in [0.5, 0.6) is 5.75 Å². The summed E-state index contributed by atoms with van der Waals surface area (Å²) in [5, 5.41) is 11.5. The van der Waals surface area contributed by atoms with E-state index in [9.17, 15) is 5.11 Å². The molecular formula is C17H14OS. The predicted octanol–water partition coefficient (Wildman–Crippen LogP) is 4.63. The van der Waals surface area contributed by atoms with Crippen LogP contribution in [-0.2, 0) is 0 Å². The minimum absolute atomic E-state index is 0.238. The zero-order valence-corrected chi connectivity index (χ0v) is 11.2. The number of aromatic hydroxyl groups is 1. The third-order valence-corrected chi connectivity index (χ3v) is 4.12. The largest absolute Gasteiger partial charge is 0.508 e. The van der Waals surface area contributed by atoms with Crippen LogP contribution in [0.15, 0.2) is 72.1 Å². The van der Waals surface area contributed by atoms with Gasteiger partial charge in [-0.05, 0) is 34.7 Å². The Morgan fingerprint density at radius 2 is 1.42 bits per heavy atom. The number of phenols is 1. The van der Waals surface area contributed by atoms with E-state index >= 15 is 0 Å². The summed E-state index contributed by atoms with van der Waals surface area (Å²) < 4.78 is 0. The minimum atomic E-state index is 0.238. The van der Waals surface area contributed by atoms with E-state index in [1.807, 2.05) is 18.2 Å². The van der Waals surface area contributed by atoms with Gasteiger partial charge >= 0.3 is 0 Å². The van der Waals surface area contributed by atoms with Crippen molar-refractivity contribution in [2.75, 3.05) is 0 Å². The molecule has 1 nitrogen and oxygen atoms in total. The number of hydrogen-bond acceptors (Lipinski definition) is 2. The summed E-state index contributed by atoms with van der Waals surface area (Å²) in [5.74, 6) is 0.545. The molecule has 19 heavy (non-hydrogen) atoms. The molecule has 94 valence electrons. The van der Waals surface area contributed by atoms with Crippen LogP contribution in [0, 0.1) is 0 Å². The summed E-state index contributed by atoms with van der Waals surface area (Å²) in [6, 6.07) is 22.2. The maximum absolute atomic E-state index is 9.44. The molecule has 2 aromatic carbocycles. The normalized spacial score (nSPS) is 12.2. The van der Waals surface area contributed by atoms with Crippen LogP contribution >= 0.6 is 11.3 Å². The number of hydrogen-bond donors (Lipinski definition) is 1. The molecule has 1 aromatic heterocycles. The number of phenolic OH excluding ortho intramolecular Hbond substituents is 1. The molecule has 0 amide bonds. The van der Waals surface area contributed by atoms with Gasteiger partial charge in [-0.3, -0.25) is 0 Å². The van der Waals surface area contributed by atoms with E-state index in [0.29, 0.717) is 5.75 Å². The molecule has 2 heteroatoms. The second-order valence-corrected chi connectivity index (χ2v) is 5.43. The Balaban J connectivity index is 2.10. The summed E-state index contributed by atoms with van der Waals surface area (Å²) in [6.07, 6.45) is 0. The standard InChI is InChI=1S/C17H14OS/c18-15-10-8-14(9-11-15)17(16-7-4-12-19-16)13-5-2-1-3-6-13/h1-12,17-18H/t17-/m0/s1. The van der Waals surface area contributed by atoms with Gasteiger partial charge in [0.2, 0.25) is 0 Å². The molecule has 0 saturated heterocycles. The Morgan fingerprint density at radius 3 is 2.05 bits per heavy atom. The summed E-state index contributed by atoms with van der Waals surface area (Å²) in [5.41, 5.74) is 2.47. The maximum atomic E-state index is 9.44. The molecule has 3 rings (SSSR count). The minimum Gasteiger partial charge on any atom is -0.508 e. The lowest BCUT2D eigenvalue weighted by atomic mass is 9.90. The first-order valence-corrected chi connectivity index (χ1v) is 7.10. The topological polar surface area (TPSA) is 20.2 Å². The molecule has 0 bridgehead atoms. The van der Waals surface area contributed by atoms with Crippen molar-refractivity contribution < 1.29 is 5.11 Å². The SMILES string of the molecule is Oc1ccc([C@H](c2ccccc2)c2cccs2)cc1. The fourth-order valence-corrected chi connectivity index (χ4v) is 3.17. The van der Waals surface area contributed by atoms with Crippen LogP contribution in [0.1, 0.15) is 21.9 Å². The second kappa shape index (κ2) is 5.29. The van der Waals surface area contributed by atoms with Gasteiger partial charge in [-0.15, -0.1) is 11.3 Å². The van der Waals surface area contributed by atoms with Crippen molar-refractivity contribution in [3.63, 3.8) is 0 Å². The smallest absolute Gasteiger partial charge is 0.115 e. The van der Waals surface area contributed by atoms with Gasteiger partial charge in [0, 0.05) is 10.8 Å². The molecule has 0 spiro atoms. The number of rotatable bonds is 3. The van der Waals surface area contributed by atoms with Gasteiger partial charge in [0.25, 0.3) is 0 Å². The Labute approximate surface area is 116 Å². The Morgan fingerprint density at radius 1 is 0.737 bits per heavy atom. The van der Waals surface area contributed by atoms with E-state index in [1.165, 1.54) is 16.0 Å². The molecule has 1 heterocycles. The zero-order chi connectivity index (χ0) is 13.1. The average molecular weight is 266 g/mol. The summed E-state index contributed by atoms with van der Waals surface area (Å²) >= 11 is 1.76. The van der Waals surface area contributed by atoms with Gasteiger partial charge in [-0.2, -0.15) is 0 Å². The molecule has 0 aliphatic carbocycles. The van der Waals surface area contributed by atoms with Crippen molar-refractivity contribution in [3.8, 4) is 5.75 Å². The van der Waals surface area contributed by atoms with E-state index in [0.717, 1.165) is 0 Å². The van der Waals surface area contributed by atoms with Crippen molar-refractivity contribution in [1.29, 1.82) is 0 Å². The number of thiophene rings is 1. The average Bonchev–Trinajstić information content (AvgIpc) is 2.96. The highest BCUT2D eigenvalue weighted by molar-refractivity contribution is 7.10. The van der Waals surface area contributed by atoms with E-state index in [4.69, 9.17) is 0 Å². The van der Waals surface area contributed by atoms with Gasteiger partial charge in [0.15, 0.2) is 0 Å². The van der Waals surface area contributed by atoms with Crippen molar-refractivity contribution in [2.24, 2.45) is 0 Å². The predicted molar refractivity (Wildman–Crippen MR) is 79.8 cm³/mol. The van der Waals surface area contributed by atoms with Crippen LogP contribution in [0.2, 0.25) is 0 Å². The molecule has 0 aliphatic rings. The van der Waals surface area contributed by atoms with E-state index in [2.05, 4.69) is 41.8 Å². The molecular weight excluding hydrogens is 252 g/mol. The van der Waals surface area contributed by atoms with Crippen LogP contribution in [0.25, 0.3) is 0 Å². The fourth-order valence-electron chi connectivity index (χ4n) is 2.29. The lowest BCUT2D eigenvalue weighted by molar-refractivity contribution is 0.475. The molecule has 1 N–H and O–H groups in total. The monoisotopic (exact) mass is 266 g/mol. The van der Waals surface area contributed by atoms with Gasteiger partial charge in [0.1, 0.15) is 5.75 Å². The van der Waals surface area contributed by atoms with Crippen LogP contribution in [0.4, 0.5) is 0 Å². The molecule has 0 aliphatic heterocycles. The van der Waals surface area contributed by atoms with Crippen molar-refractivity contribution in [2.45, 2.75) is 5.92 Å². The lowest BCUT2D eigenvalue weighted by Crippen LogP contribution is -2.00. The summed E-state index contributed by atoms with van der Waals surface area (Å²) in [6.45, 7) is 0. The molecule has 0 fully saturated rings. The van der Waals surface area contributed by atoms with Gasteiger partial charge in [-0.25, -0.2) is 0 Å². The van der Waals surface area contributed by atoms with Crippen molar-refractivity contribution in [3.05, 3.63) is 88.1 Å². The summed E-state index contributed by atoms with van der Waals surface area (Å²) in [7, 11) is 0. The van der Waals surface area contributed by atoms with Crippen LogP contribution in [-0.4, -0.2) is 5.11 Å². The lowest BCUT2D eigenvalue weighted by Gasteiger charge is -2.16. The van der Waals surface area contributed by atoms with Gasteiger partial charge < -0.3 is 5.11 Å². The highest BCUT2D eigenvalue weighted by Crippen LogP contribution is 2.34.